The van der Waals surface area contributed by atoms with Crippen molar-refractivity contribution in [2.24, 2.45) is 5.41 Å². The highest BCUT2D eigenvalue weighted by molar-refractivity contribution is 6.07. The average Bonchev–Trinajstić information content (AvgIpc) is 2.32. The Morgan fingerprint density at radius 2 is 2.00 bits per heavy atom. The molecule has 0 aromatic carbocycles. The molecule has 0 fully saturated rings. The maximum atomic E-state index is 12.0. The fourth-order valence-corrected chi connectivity index (χ4v) is 1.64. The molecule has 92 valence electrons. The van der Waals surface area contributed by atoms with E-state index < -0.39 is 17.3 Å². The van der Waals surface area contributed by atoms with Gasteiger partial charge in [0.05, 0.1) is 0 Å². The lowest BCUT2D eigenvalue weighted by atomic mass is 9.81. The van der Waals surface area contributed by atoms with Gasteiger partial charge in [-0.25, -0.2) is 4.98 Å². The Morgan fingerprint density at radius 1 is 1.35 bits per heavy atom. The quantitative estimate of drug-likeness (QED) is 0.765. The van der Waals surface area contributed by atoms with Gasteiger partial charge in [0, 0.05) is 6.20 Å². The number of hydrogen-bond acceptors (Lipinski definition) is 3. The number of amides is 1. The first-order valence-electron chi connectivity index (χ1n) is 5.52. The zero-order chi connectivity index (χ0) is 12.9. The van der Waals surface area contributed by atoms with Gasteiger partial charge in [0.15, 0.2) is 0 Å². The fraction of sp³-hybridized carbons (Fsp3) is 0.417. The van der Waals surface area contributed by atoms with Crippen molar-refractivity contribution in [1.82, 2.24) is 4.98 Å². The molecule has 5 heteroatoms. The van der Waals surface area contributed by atoms with Crippen LogP contribution in [0.2, 0.25) is 0 Å². The van der Waals surface area contributed by atoms with Gasteiger partial charge in [-0.2, -0.15) is 0 Å². The third-order valence-corrected chi connectivity index (χ3v) is 2.96. The third-order valence-electron chi connectivity index (χ3n) is 2.96. The molecule has 0 aliphatic rings. The molecular weight excluding hydrogens is 220 g/mol. The summed E-state index contributed by atoms with van der Waals surface area (Å²) in [4.78, 5) is 27.2. The van der Waals surface area contributed by atoms with E-state index in [-0.39, 0.29) is 12.8 Å². The summed E-state index contributed by atoms with van der Waals surface area (Å²) in [6, 6.07) is 5.07. The van der Waals surface area contributed by atoms with Crippen molar-refractivity contribution < 1.29 is 14.7 Å². The van der Waals surface area contributed by atoms with Crippen LogP contribution in [-0.2, 0) is 9.59 Å². The molecule has 17 heavy (non-hydrogen) atoms. The summed E-state index contributed by atoms with van der Waals surface area (Å²) in [5, 5.41) is 11.7. The number of carbonyl (C=O) groups excluding carboxylic acids is 1. The molecule has 5 nitrogen and oxygen atoms in total. The second kappa shape index (κ2) is 5.43. The van der Waals surface area contributed by atoms with E-state index in [1.165, 1.54) is 6.20 Å². The number of rotatable bonds is 5. The van der Waals surface area contributed by atoms with Crippen molar-refractivity contribution >= 4 is 17.7 Å². The molecule has 1 aromatic heterocycles. The summed E-state index contributed by atoms with van der Waals surface area (Å²) in [5.74, 6) is -1.25. The van der Waals surface area contributed by atoms with Gasteiger partial charge in [-0.1, -0.05) is 19.9 Å². The molecule has 1 heterocycles. The smallest absolute Gasteiger partial charge is 0.319 e. The van der Waals surface area contributed by atoms with E-state index in [2.05, 4.69) is 10.3 Å². The van der Waals surface area contributed by atoms with E-state index in [9.17, 15) is 14.7 Å². The lowest BCUT2D eigenvalue weighted by Gasteiger charge is -2.24. The van der Waals surface area contributed by atoms with Crippen LogP contribution in [0.15, 0.2) is 24.4 Å². The maximum Gasteiger partial charge on any atom is 0.319 e. The number of hydrogen-bond donors (Lipinski definition) is 2. The van der Waals surface area contributed by atoms with E-state index in [0.29, 0.717) is 5.82 Å². The first-order chi connectivity index (χ1) is 8.06. The van der Waals surface area contributed by atoms with Crippen LogP contribution in [0.3, 0.4) is 0 Å². The second-order valence-corrected chi connectivity index (χ2v) is 3.76. The molecule has 0 bridgehead atoms. The van der Waals surface area contributed by atoms with Crippen LogP contribution < -0.4 is 5.32 Å². The van der Waals surface area contributed by atoms with Crippen molar-refractivity contribution in [3.63, 3.8) is 0 Å². The highest BCUT2D eigenvalue weighted by atomic mass is 16.4. The highest BCUT2D eigenvalue weighted by Crippen LogP contribution is 2.28. The van der Waals surface area contributed by atoms with E-state index in [1.807, 2.05) is 0 Å². The van der Waals surface area contributed by atoms with Gasteiger partial charge >= 0.3 is 5.97 Å². The van der Waals surface area contributed by atoms with Crippen molar-refractivity contribution in [2.75, 3.05) is 5.32 Å². The van der Waals surface area contributed by atoms with Crippen molar-refractivity contribution in [3.05, 3.63) is 24.4 Å². The summed E-state index contributed by atoms with van der Waals surface area (Å²) < 4.78 is 0. The summed E-state index contributed by atoms with van der Waals surface area (Å²) in [7, 11) is 0. The maximum absolute atomic E-state index is 12.0. The zero-order valence-electron chi connectivity index (χ0n) is 9.93. The predicted molar refractivity (Wildman–Crippen MR) is 63.5 cm³/mol. The van der Waals surface area contributed by atoms with Crippen LogP contribution >= 0.6 is 0 Å². The standard InChI is InChI=1S/C12H16N2O3/c1-3-12(4-2,11(16)17)10(15)14-9-7-5-6-8-13-9/h5-8H,3-4H2,1-2H3,(H,16,17)(H,13,14,15). The minimum atomic E-state index is -1.38. The minimum Gasteiger partial charge on any atom is -0.480 e. The van der Waals surface area contributed by atoms with E-state index >= 15 is 0 Å². The van der Waals surface area contributed by atoms with Crippen LogP contribution in [0.4, 0.5) is 5.82 Å². The number of anilines is 1. The Morgan fingerprint density at radius 3 is 2.41 bits per heavy atom. The molecule has 0 radical (unpaired) electrons. The molecule has 0 atom stereocenters. The van der Waals surface area contributed by atoms with E-state index in [0.717, 1.165) is 0 Å². The summed E-state index contributed by atoms with van der Waals surface area (Å²) in [5.41, 5.74) is -1.38. The normalized spacial score (nSPS) is 10.9. The molecule has 0 unspecified atom stereocenters. The fourth-order valence-electron chi connectivity index (χ4n) is 1.64. The van der Waals surface area contributed by atoms with Gasteiger partial charge < -0.3 is 10.4 Å². The summed E-state index contributed by atoms with van der Waals surface area (Å²) >= 11 is 0. The van der Waals surface area contributed by atoms with Crippen LogP contribution in [-0.4, -0.2) is 22.0 Å². The Bertz CT molecular complexity index is 399. The molecule has 0 saturated carbocycles. The van der Waals surface area contributed by atoms with Crippen LogP contribution in [0.5, 0.6) is 0 Å². The summed E-state index contributed by atoms with van der Waals surface area (Å²) in [6.45, 7) is 3.38. The molecule has 0 saturated heterocycles. The molecule has 0 aliphatic carbocycles. The molecule has 1 amide bonds. The lowest BCUT2D eigenvalue weighted by molar-refractivity contribution is -0.154. The van der Waals surface area contributed by atoms with Gasteiger partial charge in [0.1, 0.15) is 11.2 Å². The van der Waals surface area contributed by atoms with E-state index in [1.54, 1.807) is 32.0 Å². The molecule has 2 N–H and O–H groups in total. The minimum absolute atomic E-state index is 0.248. The molecule has 1 rings (SSSR count). The second-order valence-electron chi connectivity index (χ2n) is 3.76. The Hall–Kier alpha value is -1.91. The van der Waals surface area contributed by atoms with Crippen LogP contribution in [0, 0.1) is 5.41 Å². The number of carbonyl (C=O) groups is 2. The zero-order valence-corrected chi connectivity index (χ0v) is 9.93. The molecule has 0 aliphatic heterocycles. The van der Waals surface area contributed by atoms with Gasteiger partial charge in [-0.15, -0.1) is 0 Å². The van der Waals surface area contributed by atoms with Gasteiger partial charge in [-0.3, -0.25) is 9.59 Å². The van der Waals surface area contributed by atoms with Crippen molar-refractivity contribution in [3.8, 4) is 0 Å². The van der Waals surface area contributed by atoms with Crippen molar-refractivity contribution in [1.29, 1.82) is 0 Å². The number of nitrogens with zero attached hydrogens (tertiary/aromatic N) is 1. The largest absolute Gasteiger partial charge is 0.480 e. The SMILES string of the molecule is CCC(CC)(C(=O)O)C(=O)Nc1ccccn1. The van der Waals surface area contributed by atoms with Crippen LogP contribution in [0.1, 0.15) is 26.7 Å². The van der Waals surface area contributed by atoms with Gasteiger partial charge in [-0.05, 0) is 25.0 Å². The highest BCUT2D eigenvalue weighted by Gasteiger charge is 2.42. The van der Waals surface area contributed by atoms with Crippen molar-refractivity contribution in [2.45, 2.75) is 26.7 Å². The first-order valence-corrected chi connectivity index (χ1v) is 5.52. The van der Waals surface area contributed by atoms with Crippen LogP contribution in [0.25, 0.3) is 0 Å². The predicted octanol–water partition coefficient (Wildman–Crippen LogP) is 1.91. The third kappa shape index (κ3) is 2.61. The Labute approximate surface area is 99.9 Å². The topological polar surface area (TPSA) is 79.3 Å². The monoisotopic (exact) mass is 236 g/mol. The summed E-state index contributed by atoms with van der Waals surface area (Å²) in [6.07, 6.45) is 2.03. The Balaban J connectivity index is 2.91. The van der Waals surface area contributed by atoms with Gasteiger partial charge in [0.2, 0.25) is 5.91 Å². The number of aromatic nitrogens is 1. The lowest BCUT2D eigenvalue weighted by Crippen LogP contribution is -2.42. The van der Waals surface area contributed by atoms with E-state index in [4.69, 9.17) is 0 Å². The number of nitrogens with one attached hydrogen (secondary N) is 1. The molecular formula is C12H16N2O3. The molecule has 0 spiro atoms. The number of carboxylic acid groups (broad SMARTS) is 1. The molecule has 1 aromatic rings. The number of pyridine rings is 1. The number of aliphatic carboxylic acids is 1. The average molecular weight is 236 g/mol. The first kappa shape index (κ1) is 13.2. The Kier molecular flexibility index (Phi) is 4.20. The number of carboxylic acids is 1. The van der Waals surface area contributed by atoms with Gasteiger partial charge in [0.25, 0.3) is 0 Å².